The van der Waals surface area contributed by atoms with Crippen LogP contribution in [0.4, 0.5) is 5.69 Å². The highest BCUT2D eigenvalue weighted by atomic mass is 14.6. The summed E-state index contributed by atoms with van der Waals surface area (Å²) in [7, 11) is 0. The van der Waals surface area contributed by atoms with Crippen molar-refractivity contribution in [3.8, 4) is 0 Å². The molecule has 1 rings (SSSR count). The minimum atomic E-state index is 0.458. The zero-order valence-corrected chi connectivity index (χ0v) is 5.09. The van der Waals surface area contributed by atoms with Crippen molar-refractivity contribution in [1.29, 1.82) is 0 Å². The second-order valence-corrected chi connectivity index (χ2v) is 1.86. The van der Waals surface area contributed by atoms with Gasteiger partial charge in [-0.25, -0.2) is 0 Å². The van der Waals surface area contributed by atoms with Crippen molar-refractivity contribution >= 4 is 5.69 Å². The third-order valence-corrected chi connectivity index (χ3v) is 1.24. The molecule has 0 bridgehead atoms. The van der Waals surface area contributed by atoms with Crippen LogP contribution in [0, 0.1) is 0 Å². The number of nitrogens with two attached hydrogens (primary N) is 1. The normalized spacial score (nSPS) is 9.44. The van der Waals surface area contributed by atoms with Gasteiger partial charge in [-0.15, -0.1) is 0 Å². The van der Waals surface area contributed by atoms with Crippen molar-refractivity contribution in [1.82, 2.24) is 5.73 Å². The Hall–Kier alpha value is -1.02. The molecule has 2 nitrogen and oxygen atoms in total. The van der Waals surface area contributed by atoms with Crippen LogP contribution in [0.15, 0.2) is 24.3 Å². The molecule has 1 aromatic rings. The lowest BCUT2D eigenvalue weighted by atomic mass is 10.2. The first-order valence-electron chi connectivity index (χ1n) is 2.84. The third-order valence-electron chi connectivity index (χ3n) is 1.24. The van der Waals surface area contributed by atoms with Crippen molar-refractivity contribution in [2.24, 2.45) is 5.73 Å². The first-order chi connectivity index (χ1) is 4.34. The van der Waals surface area contributed by atoms with Crippen LogP contribution in [0.5, 0.6) is 0 Å². The maximum atomic E-state index is 7.29. The van der Waals surface area contributed by atoms with Gasteiger partial charge in [-0.05, 0) is 11.6 Å². The summed E-state index contributed by atoms with van der Waals surface area (Å²) in [5.74, 6) is 0. The maximum Gasteiger partial charge on any atom is 0.0584 e. The van der Waals surface area contributed by atoms with Gasteiger partial charge in [0.1, 0.15) is 0 Å². The molecule has 0 aliphatic carbocycles. The standard InChI is InChI=1S/C7H9N2/c8-5-6-3-1-2-4-7(6)9/h1-4,9H,5,8H2. The zero-order chi connectivity index (χ0) is 6.69. The van der Waals surface area contributed by atoms with Crippen molar-refractivity contribution in [2.45, 2.75) is 6.54 Å². The fraction of sp³-hybridized carbons (Fsp3) is 0.143. The molecule has 0 amide bonds. The number of nitrogens with one attached hydrogen (secondary N) is 1. The Morgan fingerprint density at radius 1 is 1.33 bits per heavy atom. The van der Waals surface area contributed by atoms with Crippen LogP contribution in [0.3, 0.4) is 0 Å². The minimum absolute atomic E-state index is 0.458. The van der Waals surface area contributed by atoms with Crippen LogP contribution in [-0.2, 0) is 6.54 Å². The van der Waals surface area contributed by atoms with E-state index in [1.165, 1.54) is 0 Å². The fourth-order valence-electron chi connectivity index (χ4n) is 0.698. The van der Waals surface area contributed by atoms with Crippen LogP contribution in [0.1, 0.15) is 5.56 Å². The lowest BCUT2D eigenvalue weighted by Crippen LogP contribution is -1.96. The van der Waals surface area contributed by atoms with E-state index in [1.807, 2.05) is 18.2 Å². The van der Waals surface area contributed by atoms with Crippen molar-refractivity contribution < 1.29 is 0 Å². The second-order valence-electron chi connectivity index (χ2n) is 1.86. The Labute approximate surface area is 54.5 Å². The predicted octanol–water partition coefficient (Wildman–Crippen LogP) is 1.06. The van der Waals surface area contributed by atoms with Crippen LogP contribution in [0.2, 0.25) is 0 Å². The van der Waals surface area contributed by atoms with Crippen LogP contribution in [0.25, 0.3) is 0 Å². The van der Waals surface area contributed by atoms with Gasteiger partial charge in [-0.3, -0.25) is 0 Å². The topological polar surface area (TPSA) is 49.8 Å². The lowest BCUT2D eigenvalue weighted by molar-refractivity contribution is 1.06. The van der Waals surface area contributed by atoms with Gasteiger partial charge in [0.2, 0.25) is 0 Å². The van der Waals surface area contributed by atoms with Crippen molar-refractivity contribution in [3.05, 3.63) is 29.8 Å². The van der Waals surface area contributed by atoms with Gasteiger partial charge in [0.25, 0.3) is 0 Å². The van der Waals surface area contributed by atoms with Gasteiger partial charge < -0.3 is 11.5 Å². The van der Waals surface area contributed by atoms with E-state index in [9.17, 15) is 0 Å². The van der Waals surface area contributed by atoms with Crippen LogP contribution >= 0.6 is 0 Å². The minimum Gasteiger partial charge on any atom is -0.326 e. The number of hydrogen-bond donors (Lipinski definition) is 1. The lowest BCUT2D eigenvalue weighted by Gasteiger charge is -1.97. The van der Waals surface area contributed by atoms with E-state index < -0.39 is 0 Å². The van der Waals surface area contributed by atoms with E-state index in [-0.39, 0.29) is 0 Å². The van der Waals surface area contributed by atoms with Gasteiger partial charge in [0, 0.05) is 6.54 Å². The Balaban J connectivity index is 3.01. The summed E-state index contributed by atoms with van der Waals surface area (Å²) in [6, 6.07) is 7.33. The molecule has 1 aromatic carbocycles. The van der Waals surface area contributed by atoms with Gasteiger partial charge in [-0.2, -0.15) is 0 Å². The molecule has 0 fully saturated rings. The quantitative estimate of drug-likeness (QED) is 0.593. The van der Waals surface area contributed by atoms with E-state index in [1.54, 1.807) is 6.07 Å². The van der Waals surface area contributed by atoms with Gasteiger partial charge in [0.15, 0.2) is 0 Å². The highest BCUT2D eigenvalue weighted by Gasteiger charge is 1.91. The molecule has 0 unspecified atom stereocenters. The first kappa shape index (κ1) is 6.11. The molecule has 0 spiro atoms. The Morgan fingerprint density at radius 3 is 2.44 bits per heavy atom. The number of benzene rings is 1. The molecule has 2 heteroatoms. The Bertz CT molecular complexity index is 196. The van der Waals surface area contributed by atoms with Gasteiger partial charge >= 0.3 is 0 Å². The summed E-state index contributed by atoms with van der Waals surface area (Å²) < 4.78 is 0. The third kappa shape index (κ3) is 1.21. The smallest absolute Gasteiger partial charge is 0.0584 e. The molecule has 0 saturated heterocycles. The van der Waals surface area contributed by atoms with E-state index >= 15 is 0 Å². The zero-order valence-electron chi connectivity index (χ0n) is 5.09. The number of hydrogen-bond acceptors (Lipinski definition) is 1. The van der Waals surface area contributed by atoms with Crippen LogP contribution in [-0.4, -0.2) is 0 Å². The van der Waals surface area contributed by atoms with Crippen molar-refractivity contribution in [3.63, 3.8) is 0 Å². The summed E-state index contributed by atoms with van der Waals surface area (Å²) in [4.78, 5) is 0. The second kappa shape index (κ2) is 2.51. The van der Waals surface area contributed by atoms with E-state index in [4.69, 9.17) is 11.5 Å². The SMILES string of the molecule is [NH]c1ccccc1CN. The highest BCUT2D eigenvalue weighted by Crippen LogP contribution is 2.09. The summed E-state index contributed by atoms with van der Waals surface area (Å²) in [5, 5.41) is 0. The van der Waals surface area contributed by atoms with Crippen LogP contribution < -0.4 is 11.5 Å². The molecular formula is C7H9N2. The summed E-state index contributed by atoms with van der Waals surface area (Å²) in [5.41, 5.74) is 14.0. The molecular weight excluding hydrogens is 112 g/mol. The Kier molecular flexibility index (Phi) is 1.70. The van der Waals surface area contributed by atoms with Gasteiger partial charge in [0.05, 0.1) is 5.69 Å². The Morgan fingerprint density at radius 2 is 2.00 bits per heavy atom. The first-order valence-corrected chi connectivity index (χ1v) is 2.84. The van der Waals surface area contributed by atoms with Gasteiger partial charge in [-0.1, -0.05) is 18.2 Å². The van der Waals surface area contributed by atoms with E-state index in [2.05, 4.69) is 0 Å². The molecule has 0 aromatic heterocycles. The average Bonchev–Trinajstić information content (AvgIpc) is 1.89. The highest BCUT2D eigenvalue weighted by molar-refractivity contribution is 5.42. The fourth-order valence-corrected chi connectivity index (χ4v) is 0.698. The summed E-state index contributed by atoms with van der Waals surface area (Å²) >= 11 is 0. The molecule has 0 atom stereocenters. The number of rotatable bonds is 1. The summed E-state index contributed by atoms with van der Waals surface area (Å²) in [6.45, 7) is 0.458. The monoisotopic (exact) mass is 121 g/mol. The van der Waals surface area contributed by atoms with Crippen molar-refractivity contribution in [2.75, 3.05) is 0 Å². The average molecular weight is 121 g/mol. The summed E-state index contributed by atoms with van der Waals surface area (Å²) in [6.07, 6.45) is 0. The van der Waals surface area contributed by atoms with E-state index in [0.29, 0.717) is 12.2 Å². The molecule has 1 radical (unpaired) electrons. The molecule has 0 saturated carbocycles. The molecule has 3 N–H and O–H groups in total. The predicted molar refractivity (Wildman–Crippen MR) is 37.1 cm³/mol. The molecule has 0 heterocycles. The molecule has 9 heavy (non-hydrogen) atoms. The largest absolute Gasteiger partial charge is 0.326 e. The maximum absolute atomic E-state index is 7.29. The van der Waals surface area contributed by atoms with E-state index in [0.717, 1.165) is 5.56 Å². The molecule has 47 valence electrons. The molecule has 0 aliphatic heterocycles. The molecule has 0 aliphatic rings.